The van der Waals surface area contributed by atoms with Gasteiger partial charge in [0.15, 0.2) is 11.0 Å². The highest BCUT2D eigenvalue weighted by Gasteiger charge is 2.16. The van der Waals surface area contributed by atoms with Crippen LogP contribution >= 0.6 is 11.8 Å². The van der Waals surface area contributed by atoms with Crippen molar-refractivity contribution in [3.05, 3.63) is 135 Å². The largest absolute Gasteiger partial charge is 0.369 e. The number of fused-ring (bicyclic) bond motifs is 1. The molecule has 1 atom stereocenters. The minimum absolute atomic E-state index is 0.131. The van der Waals surface area contributed by atoms with Crippen LogP contribution in [-0.4, -0.2) is 30.6 Å². The lowest BCUT2D eigenvalue weighted by molar-refractivity contribution is 0.0364. The minimum Gasteiger partial charge on any atom is -0.369 e. The van der Waals surface area contributed by atoms with Gasteiger partial charge in [-0.2, -0.15) is 0 Å². The van der Waals surface area contributed by atoms with Gasteiger partial charge in [-0.15, -0.1) is 0 Å². The normalized spacial score (nSPS) is 12.1. The van der Waals surface area contributed by atoms with Crippen molar-refractivity contribution in [3.8, 4) is 11.3 Å². The van der Waals surface area contributed by atoms with E-state index in [2.05, 4.69) is 20.3 Å². The highest BCUT2D eigenvalue weighted by molar-refractivity contribution is 7.99. The summed E-state index contributed by atoms with van der Waals surface area (Å²) < 4.78 is 41.3. The van der Waals surface area contributed by atoms with E-state index in [0.717, 1.165) is 11.1 Å². The number of nitrogens with zero attached hydrogens (tertiary/aromatic N) is 5. The van der Waals surface area contributed by atoms with Crippen LogP contribution in [-0.2, 0) is 17.9 Å². The summed E-state index contributed by atoms with van der Waals surface area (Å²) in [6, 6.07) is 24.6. The van der Waals surface area contributed by atoms with Gasteiger partial charge in [0.05, 0.1) is 24.9 Å². The fourth-order valence-corrected chi connectivity index (χ4v) is 5.70. The number of pyridine rings is 1. The molecule has 0 aliphatic rings. The van der Waals surface area contributed by atoms with Crippen molar-refractivity contribution in [1.29, 1.82) is 0 Å². The maximum atomic E-state index is 14.8. The maximum absolute atomic E-state index is 14.8. The zero-order valence-electron chi connectivity index (χ0n) is 23.7. The van der Waals surface area contributed by atoms with Gasteiger partial charge in [0.1, 0.15) is 16.9 Å². The van der Waals surface area contributed by atoms with E-state index in [9.17, 15) is 13.6 Å². The van der Waals surface area contributed by atoms with Crippen molar-refractivity contribution in [1.82, 2.24) is 24.8 Å². The van der Waals surface area contributed by atoms with E-state index in [-0.39, 0.29) is 25.1 Å². The molecule has 0 spiro atoms. The Morgan fingerprint density at radius 1 is 0.909 bits per heavy atom. The van der Waals surface area contributed by atoms with Crippen LogP contribution in [0.3, 0.4) is 0 Å². The van der Waals surface area contributed by atoms with Gasteiger partial charge in [-0.3, -0.25) is 4.79 Å². The first kappa shape index (κ1) is 29.3. The molecule has 1 unspecified atom stereocenters. The summed E-state index contributed by atoms with van der Waals surface area (Å²) in [6.07, 6.45) is 1.95. The topological polar surface area (TPSA) is 95.9 Å². The second-order valence-electron chi connectivity index (χ2n) is 10.2. The molecule has 11 heteroatoms. The molecule has 0 aliphatic heterocycles. The lowest BCUT2D eigenvalue weighted by Crippen LogP contribution is -2.23. The fraction of sp³-hybridized carbons (Fsp3) is 0.182. The molecule has 44 heavy (non-hydrogen) atoms. The van der Waals surface area contributed by atoms with Crippen LogP contribution < -0.4 is 5.56 Å². The summed E-state index contributed by atoms with van der Waals surface area (Å²) in [7, 11) is 0. The average molecular weight is 612 g/mol. The second-order valence-corrected chi connectivity index (χ2v) is 11.3. The Bertz CT molecular complexity index is 1970. The minimum atomic E-state index is -0.880. The van der Waals surface area contributed by atoms with Crippen molar-refractivity contribution in [3.63, 3.8) is 0 Å². The van der Waals surface area contributed by atoms with Crippen LogP contribution in [0.1, 0.15) is 34.9 Å². The third-order valence-corrected chi connectivity index (χ3v) is 7.90. The molecule has 0 fully saturated rings. The molecule has 3 aromatic carbocycles. The summed E-state index contributed by atoms with van der Waals surface area (Å²) in [4.78, 5) is 21.9. The zero-order chi connectivity index (χ0) is 30.5. The first-order valence-electron chi connectivity index (χ1n) is 13.9. The number of rotatable bonds is 11. The molecule has 6 rings (SSSR count). The van der Waals surface area contributed by atoms with Gasteiger partial charge >= 0.3 is 0 Å². The van der Waals surface area contributed by atoms with Crippen molar-refractivity contribution in [2.75, 3.05) is 5.75 Å². The summed E-state index contributed by atoms with van der Waals surface area (Å²) in [5.74, 6) is -0.562. The monoisotopic (exact) mass is 611 g/mol. The van der Waals surface area contributed by atoms with Gasteiger partial charge in [-0.1, -0.05) is 66.4 Å². The van der Waals surface area contributed by atoms with Crippen molar-refractivity contribution in [2.24, 2.45) is 0 Å². The van der Waals surface area contributed by atoms with Crippen LogP contribution in [0.2, 0.25) is 0 Å². The number of benzene rings is 3. The lowest BCUT2D eigenvalue weighted by atomic mass is 10.1. The SMILES string of the molecule is Cc1cc(-c2cc(F)c(=O)n(Cc3ccc4nonc4c3)c2)nc(SCCC(OCc2ccccc2F)c2ccccc2)n1. The Labute approximate surface area is 255 Å². The van der Waals surface area contributed by atoms with E-state index in [1.165, 1.54) is 28.5 Å². The van der Waals surface area contributed by atoms with E-state index in [1.54, 1.807) is 48.7 Å². The molecule has 0 saturated carbocycles. The van der Waals surface area contributed by atoms with E-state index >= 15 is 0 Å². The highest BCUT2D eigenvalue weighted by atomic mass is 32.2. The predicted octanol–water partition coefficient (Wildman–Crippen LogP) is 6.92. The number of halogens is 2. The standard InChI is InChI=1S/C33H27F2N5O3S/c1-21-15-29(25-17-27(35)32(41)40(19-25)18-22-11-12-28-30(16-22)39-43-38-28)37-33(36-21)44-14-13-31(23-7-3-2-4-8-23)42-20-24-9-5-6-10-26(24)34/h2-12,15-17,19,31H,13-14,18,20H2,1H3. The number of thioether (sulfide) groups is 1. The molecule has 3 aromatic heterocycles. The van der Waals surface area contributed by atoms with Gasteiger partial charge in [-0.25, -0.2) is 23.4 Å². The number of hydrogen-bond acceptors (Lipinski definition) is 8. The van der Waals surface area contributed by atoms with Gasteiger partial charge in [0, 0.05) is 28.8 Å². The Balaban J connectivity index is 1.18. The Morgan fingerprint density at radius 2 is 1.70 bits per heavy atom. The fourth-order valence-electron chi connectivity index (χ4n) is 4.81. The summed E-state index contributed by atoms with van der Waals surface area (Å²) in [5.41, 5.74) is 4.29. The van der Waals surface area contributed by atoms with E-state index in [4.69, 9.17) is 9.37 Å². The predicted molar refractivity (Wildman–Crippen MR) is 163 cm³/mol. The molecule has 0 saturated heterocycles. The average Bonchev–Trinajstić information content (AvgIpc) is 3.50. The van der Waals surface area contributed by atoms with Gasteiger partial charge in [0.25, 0.3) is 5.56 Å². The van der Waals surface area contributed by atoms with Crippen molar-refractivity contribution in [2.45, 2.75) is 37.8 Å². The molecular weight excluding hydrogens is 584 g/mol. The van der Waals surface area contributed by atoms with E-state index < -0.39 is 11.4 Å². The molecule has 6 aromatic rings. The van der Waals surface area contributed by atoms with Gasteiger partial charge in [0.2, 0.25) is 0 Å². The molecule has 0 amide bonds. The molecule has 0 radical (unpaired) electrons. The first-order chi connectivity index (χ1) is 21.4. The smallest absolute Gasteiger partial charge is 0.286 e. The summed E-state index contributed by atoms with van der Waals surface area (Å²) in [6.45, 7) is 2.12. The molecule has 8 nitrogen and oxygen atoms in total. The Kier molecular flexibility index (Phi) is 8.85. The van der Waals surface area contributed by atoms with Crippen molar-refractivity contribution >= 4 is 22.8 Å². The second kappa shape index (κ2) is 13.3. The van der Waals surface area contributed by atoms with E-state index in [1.807, 2.05) is 37.3 Å². The number of hydrogen-bond donors (Lipinski definition) is 0. The first-order valence-corrected chi connectivity index (χ1v) is 14.9. The Hall–Kier alpha value is -4.74. The highest BCUT2D eigenvalue weighted by Crippen LogP contribution is 2.28. The lowest BCUT2D eigenvalue weighted by Gasteiger charge is -2.18. The summed E-state index contributed by atoms with van der Waals surface area (Å²) in [5, 5.41) is 8.14. The zero-order valence-corrected chi connectivity index (χ0v) is 24.5. The molecule has 222 valence electrons. The third-order valence-electron chi connectivity index (χ3n) is 7.02. The van der Waals surface area contributed by atoms with Gasteiger partial charge < -0.3 is 9.30 Å². The Morgan fingerprint density at radius 3 is 2.55 bits per heavy atom. The molecule has 0 aliphatic carbocycles. The molecule has 0 N–H and O–H groups in total. The van der Waals surface area contributed by atoms with E-state index in [0.29, 0.717) is 50.9 Å². The number of aryl methyl sites for hydroxylation is 1. The van der Waals surface area contributed by atoms with Gasteiger partial charge in [-0.05, 0) is 65.1 Å². The van der Waals surface area contributed by atoms with Crippen LogP contribution in [0.5, 0.6) is 0 Å². The van der Waals surface area contributed by atoms with Crippen LogP contribution in [0.15, 0.2) is 106 Å². The van der Waals surface area contributed by atoms with Crippen LogP contribution in [0.4, 0.5) is 8.78 Å². The number of ether oxygens (including phenoxy) is 1. The molecule has 3 heterocycles. The van der Waals surface area contributed by atoms with Crippen molar-refractivity contribution < 1.29 is 18.1 Å². The quantitative estimate of drug-likeness (QED) is 0.115. The molecular formula is C33H27F2N5O3S. The van der Waals surface area contributed by atoms with Crippen LogP contribution in [0, 0.1) is 18.6 Å². The third kappa shape index (κ3) is 6.90. The number of aromatic nitrogens is 5. The maximum Gasteiger partial charge on any atom is 0.286 e. The van der Waals surface area contributed by atoms with Crippen LogP contribution in [0.25, 0.3) is 22.3 Å². The molecule has 0 bridgehead atoms. The summed E-state index contributed by atoms with van der Waals surface area (Å²) >= 11 is 1.45.